The molecule has 0 saturated carbocycles. The molecular formula is C19H19NO5. The van der Waals surface area contributed by atoms with Crippen LogP contribution in [0.1, 0.15) is 31.1 Å². The van der Waals surface area contributed by atoms with Crippen LogP contribution < -0.4 is 5.32 Å². The summed E-state index contributed by atoms with van der Waals surface area (Å²) in [5.41, 5.74) is 1.97. The number of benzene rings is 1. The lowest BCUT2D eigenvalue weighted by atomic mass is 10.0. The predicted octanol–water partition coefficient (Wildman–Crippen LogP) is 2.14. The Hall–Kier alpha value is -2.44. The Labute approximate surface area is 145 Å². The highest BCUT2D eigenvalue weighted by Gasteiger charge is 2.38. The summed E-state index contributed by atoms with van der Waals surface area (Å²) in [6.45, 7) is 0.279. The van der Waals surface area contributed by atoms with Crippen LogP contribution in [0.15, 0.2) is 53.9 Å². The topological polar surface area (TPSA) is 73.9 Å². The van der Waals surface area contributed by atoms with Gasteiger partial charge >= 0.3 is 5.97 Å². The van der Waals surface area contributed by atoms with E-state index in [0.29, 0.717) is 12.1 Å². The zero-order valence-corrected chi connectivity index (χ0v) is 13.6. The van der Waals surface area contributed by atoms with Crippen molar-refractivity contribution in [3.63, 3.8) is 0 Å². The highest BCUT2D eigenvalue weighted by molar-refractivity contribution is 5.92. The van der Waals surface area contributed by atoms with Crippen LogP contribution in [-0.2, 0) is 23.8 Å². The number of hydrogen-bond acceptors (Lipinski definition) is 6. The zero-order valence-electron chi connectivity index (χ0n) is 13.6. The summed E-state index contributed by atoms with van der Waals surface area (Å²) in [6, 6.07) is 9.63. The lowest BCUT2D eigenvalue weighted by molar-refractivity contribution is -0.252. The Morgan fingerprint density at radius 2 is 1.92 bits per heavy atom. The number of allylic oxidation sites excluding steroid dienone is 2. The normalized spacial score (nSPS) is 29.2. The third-order valence-corrected chi connectivity index (χ3v) is 4.44. The number of fused-ring (bicyclic) bond motifs is 1. The molecule has 6 heteroatoms. The molecule has 1 saturated heterocycles. The third kappa shape index (κ3) is 3.50. The fourth-order valence-electron chi connectivity index (χ4n) is 3.17. The van der Waals surface area contributed by atoms with E-state index in [1.54, 1.807) is 12.2 Å². The average Bonchev–Trinajstić information content (AvgIpc) is 2.63. The number of ketones is 1. The molecular weight excluding hydrogens is 322 g/mol. The van der Waals surface area contributed by atoms with Gasteiger partial charge in [0, 0.05) is 23.8 Å². The van der Waals surface area contributed by atoms with Gasteiger partial charge in [-0.05, 0) is 18.9 Å². The van der Waals surface area contributed by atoms with Crippen LogP contribution in [0.5, 0.6) is 0 Å². The molecule has 0 amide bonds. The number of carbonyl (C=O) groups is 2. The summed E-state index contributed by atoms with van der Waals surface area (Å²) in [6.07, 6.45) is 4.02. The second-order valence-corrected chi connectivity index (χ2v) is 6.32. The van der Waals surface area contributed by atoms with Crippen molar-refractivity contribution in [2.45, 2.75) is 37.8 Å². The van der Waals surface area contributed by atoms with Crippen LogP contribution in [0, 0.1) is 0 Å². The van der Waals surface area contributed by atoms with E-state index in [2.05, 4.69) is 5.32 Å². The number of ether oxygens (including phenoxy) is 3. The van der Waals surface area contributed by atoms with E-state index in [4.69, 9.17) is 14.2 Å². The van der Waals surface area contributed by atoms with Crippen LogP contribution in [0.25, 0.3) is 0 Å². The molecule has 3 atom stereocenters. The maximum absolute atomic E-state index is 12.2. The van der Waals surface area contributed by atoms with Crippen molar-refractivity contribution in [1.29, 1.82) is 0 Å². The van der Waals surface area contributed by atoms with E-state index in [9.17, 15) is 9.59 Å². The summed E-state index contributed by atoms with van der Waals surface area (Å²) in [5, 5.41) is 3.03. The molecule has 1 N–H and O–H groups in total. The molecule has 0 bridgehead atoms. The molecule has 1 fully saturated rings. The van der Waals surface area contributed by atoms with Gasteiger partial charge in [0.15, 0.2) is 18.2 Å². The SMILES string of the molecule is O=C1C=C(NC2=C[C@@H]3O[C@H](c4ccccc4)OC[C@@H]3OC2=O)CCC1. The van der Waals surface area contributed by atoms with E-state index < -0.39 is 18.4 Å². The van der Waals surface area contributed by atoms with Gasteiger partial charge in [-0.25, -0.2) is 4.79 Å². The lowest BCUT2D eigenvalue weighted by Gasteiger charge is -2.37. The Kier molecular flexibility index (Phi) is 4.38. The van der Waals surface area contributed by atoms with Gasteiger partial charge in [-0.15, -0.1) is 0 Å². The summed E-state index contributed by atoms with van der Waals surface area (Å²) < 4.78 is 17.1. The maximum Gasteiger partial charge on any atom is 0.354 e. The largest absolute Gasteiger partial charge is 0.452 e. The van der Waals surface area contributed by atoms with E-state index in [1.807, 2.05) is 30.3 Å². The van der Waals surface area contributed by atoms with E-state index in [0.717, 1.165) is 24.1 Å². The van der Waals surface area contributed by atoms with Gasteiger partial charge in [0.1, 0.15) is 11.8 Å². The van der Waals surface area contributed by atoms with Gasteiger partial charge in [-0.3, -0.25) is 4.79 Å². The second-order valence-electron chi connectivity index (χ2n) is 6.32. The number of nitrogens with one attached hydrogen (secondary N) is 1. The minimum absolute atomic E-state index is 0.0721. The summed E-state index contributed by atoms with van der Waals surface area (Å²) in [4.78, 5) is 23.7. The van der Waals surface area contributed by atoms with Crippen LogP contribution in [-0.4, -0.2) is 30.6 Å². The molecule has 2 heterocycles. The zero-order chi connectivity index (χ0) is 17.2. The van der Waals surface area contributed by atoms with Crippen LogP contribution in [0.2, 0.25) is 0 Å². The Bertz CT molecular complexity index is 739. The van der Waals surface area contributed by atoms with Crippen LogP contribution >= 0.6 is 0 Å². The van der Waals surface area contributed by atoms with E-state index in [-0.39, 0.29) is 18.5 Å². The van der Waals surface area contributed by atoms with Gasteiger partial charge in [-0.2, -0.15) is 0 Å². The molecule has 2 aliphatic heterocycles. The van der Waals surface area contributed by atoms with Crippen molar-refractivity contribution in [1.82, 2.24) is 5.32 Å². The standard InChI is InChI=1S/C19H19NO5/c21-14-8-4-7-13(9-14)20-15-10-16-17(24-18(15)22)11-23-19(25-16)12-5-2-1-3-6-12/h1-3,5-6,9-10,16-17,19-20H,4,7-8,11H2/t16-,17-,19+/m0/s1. The monoisotopic (exact) mass is 341 g/mol. The number of carbonyl (C=O) groups excluding carboxylic acids is 2. The quantitative estimate of drug-likeness (QED) is 0.849. The first-order valence-corrected chi connectivity index (χ1v) is 8.44. The van der Waals surface area contributed by atoms with E-state index in [1.165, 1.54) is 0 Å². The first-order valence-electron chi connectivity index (χ1n) is 8.44. The first kappa shape index (κ1) is 16.1. The summed E-state index contributed by atoms with van der Waals surface area (Å²) in [5.74, 6) is -0.381. The third-order valence-electron chi connectivity index (χ3n) is 4.44. The van der Waals surface area contributed by atoms with Crippen molar-refractivity contribution in [2.24, 2.45) is 0 Å². The number of rotatable bonds is 3. The predicted molar refractivity (Wildman–Crippen MR) is 88.0 cm³/mol. The first-order chi connectivity index (χ1) is 12.2. The molecule has 4 rings (SSSR count). The minimum Gasteiger partial charge on any atom is -0.452 e. The highest BCUT2D eigenvalue weighted by Crippen LogP contribution is 2.31. The smallest absolute Gasteiger partial charge is 0.354 e. The van der Waals surface area contributed by atoms with Gasteiger partial charge in [0.25, 0.3) is 0 Å². The van der Waals surface area contributed by atoms with Gasteiger partial charge in [-0.1, -0.05) is 30.3 Å². The van der Waals surface area contributed by atoms with Crippen LogP contribution in [0.3, 0.4) is 0 Å². The molecule has 25 heavy (non-hydrogen) atoms. The molecule has 1 aromatic rings. The van der Waals surface area contributed by atoms with Gasteiger partial charge in [0.2, 0.25) is 0 Å². The molecule has 6 nitrogen and oxygen atoms in total. The Morgan fingerprint density at radius 1 is 1.08 bits per heavy atom. The summed E-state index contributed by atoms with van der Waals surface area (Å²) >= 11 is 0. The summed E-state index contributed by atoms with van der Waals surface area (Å²) in [7, 11) is 0. The van der Waals surface area contributed by atoms with Crippen molar-refractivity contribution in [2.75, 3.05) is 6.61 Å². The molecule has 3 aliphatic rings. The Morgan fingerprint density at radius 3 is 2.72 bits per heavy atom. The van der Waals surface area contributed by atoms with Crippen molar-refractivity contribution < 1.29 is 23.8 Å². The van der Waals surface area contributed by atoms with E-state index >= 15 is 0 Å². The molecule has 1 aromatic carbocycles. The van der Waals surface area contributed by atoms with Crippen molar-refractivity contribution >= 4 is 11.8 Å². The minimum atomic E-state index is -0.493. The fraction of sp³-hybridized carbons (Fsp3) is 0.368. The average molecular weight is 341 g/mol. The molecule has 130 valence electrons. The van der Waals surface area contributed by atoms with Gasteiger partial charge < -0.3 is 19.5 Å². The lowest BCUT2D eigenvalue weighted by Crippen LogP contribution is -2.47. The molecule has 0 spiro atoms. The number of esters is 1. The maximum atomic E-state index is 12.2. The molecule has 0 radical (unpaired) electrons. The molecule has 0 unspecified atom stereocenters. The fourth-order valence-corrected chi connectivity index (χ4v) is 3.17. The van der Waals surface area contributed by atoms with Crippen molar-refractivity contribution in [3.05, 3.63) is 59.4 Å². The van der Waals surface area contributed by atoms with Crippen LogP contribution in [0.4, 0.5) is 0 Å². The molecule has 1 aliphatic carbocycles. The highest BCUT2D eigenvalue weighted by atomic mass is 16.7. The molecule has 0 aromatic heterocycles. The Balaban J connectivity index is 1.51. The van der Waals surface area contributed by atoms with Gasteiger partial charge in [0.05, 0.1) is 6.61 Å². The second kappa shape index (κ2) is 6.82. The number of hydrogen-bond donors (Lipinski definition) is 1. The van der Waals surface area contributed by atoms with Crippen molar-refractivity contribution in [3.8, 4) is 0 Å².